The van der Waals surface area contributed by atoms with Gasteiger partial charge in [0.05, 0.1) is 18.9 Å². The second-order valence-electron chi connectivity index (χ2n) is 5.72. The Morgan fingerprint density at radius 2 is 2.26 bits per heavy atom. The molecular weight excluding hydrogens is 242 g/mol. The van der Waals surface area contributed by atoms with Crippen molar-refractivity contribution in [1.82, 2.24) is 4.98 Å². The number of ether oxygens (including phenoxy) is 1. The smallest absolute Gasteiger partial charge is 0.356 e. The normalized spacial score (nSPS) is 17.9. The van der Waals surface area contributed by atoms with Crippen LogP contribution in [0.3, 0.4) is 0 Å². The van der Waals surface area contributed by atoms with Crippen LogP contribution in [0.25, 0.3) is 0 Å². The van der Waals surface area contributed by atoms with Crippen LogP contribution in [0.2, 0.25) is 0 Å². The zero-order valence-electron chi connectivity index (χ0n) is 12.0. The summed E-state index contributed by atoms with van der Waals surface area (Å²) in [4.78, 5) is 16.2. The third kappa shape index (κ3) is 2.37. The predicted molar refractivity (Wildman–Crippen MR) is 72.2 cm³/mol. The third-order valence-electron chi connectivity index (χ3n) is 3.94. The van der Waals surface area contributed by atoms with E-state index in [0.717, 1.165) is 29.7 Å². The first-order chi connectivity index (χ1) is 8.90. The van der Waals surface area contributed by atoms with Crippen LogP contribution in [0, 0.1) is 0 Å². The highest BCUT2D eigenvalue weighted by molar-refractivity contribution is 5.87. The van der Waals surface area contributed by atoms with Crippen LogP contribution in [0.4, 0.5) is 0 Å². The first kappa shape index (κ1) is 14.0. The molecule has 0 bridgehead atoms. The van der Waals surface area contributed by atoms with E-state index < -0.39 is 12.1 Å². The topological polar surface area (TPSA) is 59.4 Å². The van der Waals surface area contributed by atoms with E-state index >= 15 is 0 Å². The van der Waals surface area contributed by atoms with E-state index in [9.17, 15) is 9.90 Å². The summed E-state index contributed by atoms with van der Waals surface area (Å²) in [7, 11) is 1.35. The van der Waals surface area contributed by atoms with Gasteiger partial charge in [0, 0.05) is 5.41 Å². The summed E-state index contributed by atoms with van der Waals surface area (Å²) < 4.78 is 4.75. The van der Waals surface area contributed by atoms with E-state index in [-0.39, 0.29) is 5.41 Å². The van der Waals surface area contributed by atoms with Crippen LogP contribution < -0.4 is 0 Å². The molecule has 4 nitrogen and oxygen atoms in total. The van der Waals surface area contributed by atoms with Crippen molar-refractivity contribution < 1.29 is 14.6 Å². The van der Waals surface area contributed by atoms with Gasteiger partial charge in [0.2, 0.25) is 0 Å². The summed E-state index contributed by atoms with van der Waals surface area (Å²) in [6, 6.07) is 1.68. The van der Waals surface area contributed by atoms with E-state index in [1.807, 2.05) is 6.92 Å². The van der Waals surface area contributed by atoms with Crippen molar-refractivity contribution in [2.24, 2.45) is 0 Å². The van der Waals surface area contributed by atoms with E-state index in [0.29, 0.717) is 12.1 Å². The number of methoxy groups -OCH3 is 1. The Balaban J connectivity index is 2.61. The number of esters is 1. The molecule has 1 aliphatic carbocycles. The molecule has 4 heteroatoms. The van der Waals surface area contributed by atoms with Gasteiger partial charge in [-0.2, -0.15) is 0 Å². The first-order valence-corrected chi connectivity index (χ1v) is 6.71. The number of aliphatic hydroxyl groups is 1. The zero-order chi connectivity index (χ0) is 14.2. The van der Waals surface area contributed by atoms with Crippen LogP contribution in [0.5, 0.6) is 0 Å². The van der Waals surface area contributed by atoms with Crippen LogP contribution in [-0.2, 0) is 16.6 Å². The molecule has 0 radical (unpaired) electrons. The van der Waals surface area contributed by atoms with Crippen LogP contribution in [0.1, 0.15) is 67.0 Å². The molecule has 0 fully saturated rings. The average molecular weight is 263 g/mol. The predicted octanol–water partition coefficient (Wildman–Crippen LogP) is 2.54. The molecule has 104 valence electrons. The number of carbonyl (C=O) groups is 1. The van der Waals surface area contributed by atoms with Crippen LogP contribution >= 0.6 is 0 Å². The van der Waals surface area contributed by atoms with E-state index in [1.54, 1.807) is 6.07 Å². The summed E-state index contributed by atoms with van der Waals surface area (Å²) in [6.07, 6.45) is 1.97. The van der Waals surface area contributed by atoms with Gasteiger partial charge < -0.3 is 9.84 Å². The molecule has 0 aromatic carbocycles. The van der Waals surface area contributed by atoms with Gasteiger partial charge in [0.25, 0.3) is 0 Å². The molecule has 0 aliphatic heterocycles. The van der Waals surface area contributed by atoms with Gasteiger partial charge in [0.15, 0.2) is 0 Å². The lowest BCUT2D eigenvalue weighted by Gasteiger charge is -2.20. The Bertz CT molecular complexity index is 508. The van der Waals surface area contributed by atoms with Crippen molar-refractivity contribution in [3.8, 4) is 0 Å². The van der Waals surface area contributed by atoms with Crippen molar-refractivity contribution in [1.29, 1.82) is 0 Å². The summed E-state index contributed by atoms with van der Waals surface area (Å²) in [5.41, 5.74) is 3.10. The number of hydrogen-bond acceptors (Lipinski definition) is 4. The SMILES string of the molecule is CCC(O)c1cc(C(=O)OC)nc2c1CCC2(C)C. The molecule has 0 saturated heterocycles. The summed E-state index contributed by atoms with van der Waals surface area (Å²) in [5, 5.41) is 10.2. The molecule has 2 rings (SSSR count). The number of pyridine rings is 1. The summed E-state index contributed by atoms with van der Waals surface area (Å²) in [5.74, 6) is -0.449. The minimum absolute atomic E-state index is 0.0540. The van der Waals surface area contributed by atoms with Crippen molar-refractivity contribution in [3.63, 3.8) is 0 Å². The van der Waals surface area contributed by atoms with Crippen molar-refractivity contribution in [3.05, 3.63) is 28.6 Å². The lowest BCUT2D eigenvalue weighted by molar-refractivity contribution is 0.0593. The van der Waals surface area contributed by atoms with E-state index in [2.05, 4.69) is 18.8 Å². The molecule has 0 amide bonds. The molecule has 1 atom stereocenters. The zero-order valence-corrected chi connectivity index (χ0v) is 12.0. The Kier molecular flexibility index (Phi) is 3.63. The number of aromatic nitrogens is 1. The minimum Gasteiger partial charge on any atom is -0.464 e. The average Bonchev–Trinajstić information content (AvgIpc) is 2.72. The van der Waals surface area contributed by atoms with Gasteiger partial charge in [-0.25, -0.2) is 9.78 Å². The monoisotopic (exact) mass is 263 g/mol. The fourth-order valence-corrected chi connectivity index (χ4v) is 2.70. The van der Waals surface area contributed by atoms with Gasteiger partial charge in [-0.1, -0.05) is 20.8 Å². The Morgan fingerprint density at radius 1 is 1.58 bits per heavy atom. The number of aliphatic hydroxyl groups excluding tert-OH is 1. The number of carbonyl (C=O) groups excluding carboxylic acids is 1. The van der Waals surface area contributed by atoms with Crippen LogP contribution in [-0.4, -0.2) is 23.2 Å². The summed E-state index contributed by atoms with van der Waals surface area (Å²) in [6.45, 7) is 6.17. The van der Waals surface area contributed by atoms with Crippen molar-refractivity contribution in [2.45, 2.75) is 51.6 Å². The van der Waals surface area contributed by atoms with Crippen molar-refractivity contribution in [2.75, 3.05) is 7.11 Å². The maximum atomic E-state index is 11.7. The molecule has 0 spiro atoms. The Morgan fingerprint density at radius 3 is 2.84 bits per heavy atom. The lowest BCUT2D eigenvalue weighted by atomic mass is 9.89. The molecule has 1 unspecified atom stereocenters. The minimum atomic E-state index is -0.547. The van der Waals surface area contributed by atoms with E-state index in [1.165, 1.54) is 7.11 Å². The molecule has 19 heavy (non-hydrogen) atoms. The lowest BCUT2D eigenvalue weighted by Crippen LogP contribution is -2.18. The third-order valence-corrected chi connectivity index (χ3v) is 3.94. The molecule has 1 aromatic rings. The highest BCUT2D eigenvalue weighted by atomic mass is 16.5. The molecule has 0 saturated carbocycles. The van der Waals surface area contributed by atoms with Gasteiger partial charge in [0.1, 0.15) is 5.69 Å². The number of hydrogen-bond donors (Lipinski definition) is 1. The molecule has 1 aromatic heterocycles. The molecular formula is C15H21NO3. The second-order valence-corrected chi connectivity index (χ2v) is 5.72. The molecule has 1 heterocycles. The fraction of sp³-hybridized carbons (Fsp3) is 0.600. The first-order valence-electron chi connectivity index (χ1n) is 6.71. The maximum Gasteiger partial charge on any atom is 0.356 e. The Hall–Kier alpha value is -1.42. The highest BCUT2D eigenvalue weighted by Gasteiger charge is 2.35. The standard InChI is InChI=1S/C15H21NO3/c1-5-12(17)10-8-11(14(18)19-4)16-13-9(10)6-7-15(13,2)3/h8,12,17H,5-7H2,1-4H3. The number of fused-ring (bicyclic) bond motifs is 1. The van der Waals surface area contributed by atoms with Crippen LogP contribution in [0.15, 0.2) is 6.07 Å². The van der Waals surface area contributed by atoms with Gasteiger partial charge in [-0.3, -0.25) is 0 Å². The van der Waals surface area contributed by atoms with Gasteiger partial charge in [-0.15, -0.1) is 0 Å². The number of rotatable bonds is 3. The maximum absolute atomic E-state index is 11.7. The molecule has 1 aliphatic rings. The fourth-order valence-electron chi connectivity index (χ4n) is 2.70. The Labute approximate surface area is 113 Å². The highest BCUT2D eigenvalue weighted by Crippen LogP contribution is 2.40. The quantitative estimate of drug-likeness (QED) is 0.851. The van der Waals surface area contributed by atoms with Gasteiger partial charge >= 0.3 is 5.97 Å². The van der Waals surface area contributed by atoms with Crippen molar-refractivity contribution >= 4 is 5.97 Å². The van der Waals surface area contributed by atoms with Gasteiger partial charge in [-0.05, 0) is 36.5 Å². The number of nitrogens with zero attached hydrogens (tertiary/aromatic N) is 1. The summed E-state index contributed by atoms with van der Waals surface area (Å²) >= 11 is 0. The molecule has 1 N–H and O–H groups in total. The van der Waals surface area contributed by atoms with E-state index in [4.69, 9.17) is 4.74 Å². The largest absolute Gasteiger partial charge is 0.464 e. The second kappa shape index (κ2) is 4.93.